The normalized spacial score (nSPS) is 10.6. The Morgan fingerprint density at radius 2 is 2.29 bits per heavy atom. The lowest BCUT2D eigenvalue weighted by molar-refractivity contribution is 1.54. The molecule has 0 aliphatic carbocycles. The molecule has 0 saturated heterocycles. The summed E-state index contributed by atoms with van der Waals surface area (Å²) in [7, 11) is 3.65. The highest BCUT2D eigenvalue weighted by atomic mass is 33.1. The largest absolute Gasteiger partial charge is 0.0899 e. The van der Waals surface area contributed by atoms with Crippen molar-refractivity contribution in [2.45, 2.75) is 13.8 Å². The van der Waals surface area contributed by atoms with E-state index in [0.717, 1.165) is 0 Å². The molecule has 7 heavy (non-hydrogen) atoms. The average Bonchev–Trinajstić information content (AvgIpc) is 1.69. The third-order valence-corrected chi connectivity index (χ3v) is 2.58. The molecule has 0 unspecified atom stereocenters. The highest BCUT2D eigenvalue weighted by Gasteiger charge is 1.73. The second kappa shape index (κ2) is 6.44. The van der Waals surface area contributed by atoms with Crippen molar-refractivity contribution in [3.05, 3.63) is 11.5 Å². The zero-order valence-electron chi connectivity index (χ0n) is 4.68. The topological polar surface area (TPSA) is 0 Å². The molecule has 0 heterocycles. The maximum atomic E-state index is 2.15. The highest BCUT2D eigenvalue weighted by molar-refractivity contribution is 8.77. The van der Waals surface area contributed by atoms with Gasteiger partial charge in [-0.15, -0.1) is 0 Å². The Hall–Kier alpha value is 0.440. The summed E-state index contributed by atoms with van der Waals surface area (Å²) in [5.41, 5.74) is 0. The molecule has 0 aromatic heterocycles. The first-order valence-corrected chi connectivity index (χ1v) is 4.69. The Balaban J connectivity index is 2.69. The minimum Gasteiger partial charge on any atom is -0.0899 e. The van der Waals surface area contributed by atoms with Gasteiger partial charge in [-0.3, -0.25) is 0 Å². The number of rotatable bonds is 3. The summed E-state index contributed by atoms with van der Waals surface area (Å²) in [5.74, 6) is 1.19. The Morgan fingerprint density at radius 3 is 2.71 bits per heavy atom. The summed E-state index contributed by atoms with van der Waals surface area (Å²) in [5, 5.41) is 2.09. The van der Waals surface area contributed by atoms with Gasteiger partial charge in [0.1, 0.15) is 0 Å². The summed E-state index contributed by atoms with van der Waals surface area (Å²) in [4.78, 5) is 0. The molecule has 0 bridgehead atoms. The van der Waals surface area contributed by atoms with Crippen LogP contribution in [0.4, 0.5) is 0 Å². The van der Waals surface area contributed by atoms with E-state index in [0.29, 0.717) is 0 Å². The Kier molecular flexibility index (Phi) is 6.84. The van der Waals surface area contributed by atoms with Gasteiger partial charge >= 0.3 is 0 Å². The van der Waals surface area contributed by atoms with Crippen LogP contribution < -0.4 is 0 Å². The van der Waals surface area contributed by atoms with Crippen molar-refractivity contribution in [2.75, 3.05) is 5.75 Å². The van der Waals surface area contributed by atoms with Crippen LogP contribution in [0.3, 0.4) is 0 Å². The monoisotopic (exact) mass is 134 g/mol. The quantitative estimate of drug-likeness (QED) is 0.430. The van der Waals surface area contributed by atoms with E-state index < -0.39 is 0 Å². The van der Waals surface area contributed by atoms with Crippen LogP contribution in [0.15, 0.2) is 11.5 Å². The fourth-order valence-corrected chi connectivity index (χ4v) is 1.47. The Morgan fingerprint density at radius 1 is 1.57 bits per heavy atom. The van der Waals surface area contributed by atoms with Crippen molar-refractivity contribution in [3.8, 4) is 0 Å². The van der Waals surface area contributed by atoms with Crippen LogP contribution in [0.1, 0.15) is 13.8 Å². The summed E-state index contributed by atoms with van der Waals surface area (Å²) < 4.78 is 0. The molecule has 0 atom stereocenters. The van der Waals surface area contributed by atoms with Gasteiger partial charge in [0, 0.05) is 5.75 Å². The van der Waals surface area contributed by atoms with Crippen molar-refractivity contribution in [3.63, 3.8) is 0 Å². The van der Waals surface area contributed by atoms with Gasteiger partial charge in [0.05, 0.1) is 0 Å². The van der Waals surface area contributed by atoms with Crippen molar-refractivity contribution in [1.29, 1.82) is 0 Å². The third-order valence-electron chi connectivity index (χ3n) is 0.378. The molecule has 0 aromatic rings. The van der Waals surface area contributed by atoms with Crippen LogP contribution >= 0.6 is 21.6 Å². The molecule has 0 spiro atoms. The van der Waals surface area contributed by atoms with Crippen LogP contribution in [0.25, 0.3) is 0 Å². The molecular weight excluding hydrogens is 124 g/mol. The fraction of sp³-hybridized carbons (Fsp3) is 0.600. The first-order valence-electron chi connectivity index (χ1n) is 2.31. The third kappa shape index (κ3) is 6.44. The first kappa shape index (κ1) is 7.44. The van der Waals surface area contributed by atoms with E-state index in [4.69, 9.17) is 0 Å². The summed E-state index contributed by atoms with van der Waals surface area (Å²) >= 11 is 0. The van der Waals surface area contributed by atoms with E-state index in [9.17, 15) is 0 Å². The van der Waals surface area contributed by atoms with Crippen molar-refractivity contribution >= 4 is 21.6 Å². The predicted octanol–water partition coefficient (Wildman–Crippen LogP) is 2.92. The van der Waals surface area contributed by atoms with Gasteiger partial charge in [-0.25, -0.2) is 0 Å². The lowest BCUT2D eigenvalue weighted by Gasteiger charge is -1.83. The van der Waals surface area contributed by atoms with E-state index >= 15 is 0 Å². The van der Waals surface area contributed by atoms with Gasteiger partial charge in [-0.05, 0) is 12.3 Å². The van der Waals surface area contributed by atoms with Crippen LogP contribution in [-0.2, 0) is 0 Å². The van der Waals surface area contributed by atoms with Crippen molar-refractivity contribution < 1.29 is 0 Å². The smallest absolute Gasteiger partial charge is 0.00117 e. The second-order valence-corrected chi connectivity index (χ2v) is 3.53. The van der Waals surface area contributed by atoms with Crippen LogP contribution in [-0.4, -0.2) is 5.75 Å². The van der Waals surface area contributed by atoms with Crippen LogP contribution in [0.2, 0.25) is 0 Å². The number of hydrogen-bond acceptors (Lipinski definition) is 2. The van der Waals surface area contributed by atoms with Gasteiger partial charge in [-0.2, -0.15) is 0 Å². The summed E-state index contributed by atoms with van der Waals surface area (Å²) in [6.07, 6.45) is 2.05. The molecule has 0 aliphatic heterocycles. The molecule has 0 amide bonds. The summed E-state index contributed by atoms with van der Waals surface area (Å²) in [6.45, 7) is 4.18. The molecule has 0 aromatic carbocycles. The Bertz CT molecular complexity index is 50.0. The SMILES string of the molecule is C/C=C\SSCC. The molecule has 0 fully saturated rings. The van der Waals surface area contributed by atoms with Gasteiger partial charge in [0.25, 0.3) is 0 Å². The molecule has 0 rings (SSSR count). The molecule has 0 N–H and O–H groups in total. The summed E-state index contributed by atoms with van der Waals surface area (Å²) in [6, 6.07) is 0. The standard InChI is InChI=1S/C5H10S2/c1-3-5-7-6-4-2/h3,5H,4H2,1-2H3/b5-3-. The van der Waals surface area contributed by atoms with Gasteiger partial charge in [0.15, 0.2) is 0 Å². The average molecular weight is 134 g/mol. The van der Waals surface area contributed by atoms with Crippen molar-refractivity contribution in [2.24, 2.45) is 0 Å². The Labute approximate surface area is 53.2 Å². The molecule has 2 heteroatoms. The molecule has 42 valence electrons. The van der Waals surface area contributed by atoms with Crippen molar-refractivity contribution in [1.82, 2.24) is 0 Å². The maximum absolute atomic E-state index is 2.15. The maximum Gasteiger partial charge on any atom is 0.00117 e. The van der Waals surface area contributed by atoms with E-state index in [1.54, 1.807) is 10.8 Å². The van der Waals surface area contributed by atoms with E-state index in [1.165, 1.54) is 5.75 Å². The van der Waals surface area contributed by atoms with E-state index in [2.05, 4.69) is 12.3 Å². The zero-order chi connectivity index (χ0) is 5.54. The predicted molar refractivity (Wildman–Crippen MR) is 40.5 cm³/mol. The molecule has 0 nitrogen and oxygen atoms in total. The number of hydrogen-bond donors (Lipinski definition) is 0. The molecular formula is C5H10S2. The highest BCUT2D eigenvalue weighted by Crippen LogP contribution is 2.20. The fourth-order valence-electron chi connectivity index (χ4n) is 0.163. The lowest BCUT2D eigenvalue weighted by Crippen LogP contribution is -1.51. The van der Waals surface area contributed by atoms with E-state index in [1.807, 2.05) is 23.8 Å². The van der Waals surface area contributed by atoms with Gasteiger partial charge in [0.2, 0.25) is 0 Å². The minimum atomic E-state index is 1.19. The van der Waals surface area contributed by atoms with Crippen LogP contribution in [0, 0.1) is 0 Å². The molecule has 0 aliphatic rings. The van der Waals surface area contributed by atoms with Gasteiger partial charge in [-0.1, -0.05) is 34.6 Å². The lowest BCUT2D eigenvalue weighted by atomic mass is 10.8. The van der Waals surface area contributed by atoms with Gasteiger partial charge < -0.3 is 0 Å². The molecule has 0 saturated carbocycles. The van der Waals surface area contributed by atoms with E-state index in [-0.39, 0.29) is 0 Å². The number of allylic oxidation sites excluding steroid dienone is 1. The first-order chi connectivity index (χ1) is 3.41. The minimum absolute atomic E-state index is 1.19. The zero-order valence-corrected chi connectivity index (χ0v) is 6.31. The van der Waals surface area contributed by atoms with Crippen LogP contribution in [0.5, 0.6) is 0 Å². The second-order valence-electron chi connectivity index (χ2n) is 0.972. The molecule has 0 radical (unpaired) electrons.